The molecule has 4 nitrogen and oxygen atoms in total. The molecule has 0 bridgehead atoms. The molecule has 12 aromatic rings. The van der Waals surface area contributed by atoms with Gasteiger partial charge < -0.3 is 9.13 Å². The molecular formula is C62H38N4. The van der Waals surface area contributed by atoms with E-state index >= 15 is 0 Å². The Morgan fingerprint density at radius 2 is 0.591 bits per heavy atom. The van der Waals surface area contributed by atoms with E-state index in [0.29, 0.717) is 11.1 Å². The summed E-state index contributed by atoms with van der Waals surface area (Å²) in [6.07, 6.45) is 0. The van der Waals surface area contributed by atoms with Gasteiger partial charge in [-0.1, -0.05) is 170 Å². The van der Waals surface area contributed by atoms with E-state index in [1.54, 1.807) is 0 Å². The number of benzene rings is 10. The van der Waals surface area contributed by atoms with Crippen molar-refractivity contribution >= 4 is 43.6 Å². The van der Waals surface area contributed by atoms with Crippen LogP contribution in [0.5, 0.6) is 0 Å². The van der Waals surface area contributed by atoms with Crippen molar-refractivity contribution in [2.24, 2.45) is 0 Å². The topological polar surface area (TPSA) is 57.4 Å². The van der Waals surface area contributed by atoms with Crippen molar-refractivity contribution in [3.05, 3.63) is 242 Å². The Bertz CT molecular complexity index is 3660. The van der Waals surface area contributed by atoms with Crippen LogP contribution < -0.4 is 0 Å². The lowest BCUT2D eigenvalue weighted by Crippen LogP contribution is -2.03. The van der Waals surface area contributed by atoms with Crippen LogP contribution in [0.15, 0.2) is 231 Å². The fourth-order valence-corrected chi connectivity index (χ4v) is 9.83. The largest absolute Gasteiger partial charge is 0.309 e. The van der Waals surface area contributed by atoms with E-state index in [-0.39, 0.29) is 0 Å². The van der Waals surface area contributed by atoms with Crippen LogP contribution >= 0.6 is 0 Å². The first-order chi connectivity index (χ1) is 32.6. The molecule has 0 aliphatic rings. The van der Waals surface area contributed by atoms with Crippen LogP contribution in [-0.4, -0.2) is 9.13 Å². The zero-order chi connectivity index (χ0) is 44.1. The molecule has 0 saturated carbocycles. The van der Waals surface area contributed by atoms with Crippen molar-refractivity contribution in [3.63, 3.8) is 0 Å². The van der Waals surface area contributed by atoms with Crippen molar-refractivity contribution in [1.82, 2.24) is 9.13 Å². The summed E-state index contributed by atoms with van der Waals surface area (Å²) in [5, 5.41) is 25.5. The minimum atomic E-state index is 0.553. The molecule has 66 heavy (non-hydrogen) atoms. The zero-order valence-corrected chi connectivity index (χ0v) is 35.7. The first-order valence-electron chi connectivity index (χ1n) is 22.1. The molecule has 306 valence electrons. The Kier molecular flexibility index (Phi) is 9.23. The maximum absolute atomic E-state index is 10.5. The summed E-state index contributed by atoms with van der Waals surface area (Å²) in [4.78, 5) is 0. The smallest absolute Gasteiger partial charge is 0.0992 e. The third-order valence-corrected chi connectivity index (χ3v) is 13.0. The molecule has 0 saturated heterocycles. The third-order valence-electron chi connectivity index (χ3n) is 13.0. The van der Waals surface area contributed by atoms with Crippen molar-refractivity contribution < 1.29 is 0 Å². The Morgan fingerprint density at radius 3 is 0.939 bits per heavy atom. The van der Waals surface area contributed by atoms with Crippen LogP contribution in [-0.2, 0) is 0 Å². The number of aromatic nitrogens is 2. The summed E-state index contributed by atoms with van der Waals surface area (Å²) in [5.41, 5.74) is 17.8. The van der Waals surface area contributed by atoms with Crippen LogP contribution in [0.1, 0.15) is 11.1 Å². The second-order valence-electron chi connectivity index (χ2n) is 16.8. The number of hydrogen-bond acceptors (Lipinski definition) is 2. The molecule has 0 aliphatic heterocycles. The predicted molar refractivity (Wildman–Crippen MR) is 272 cm³/mol. The lowest BCUT2D eigenvalue weighted by molar-refractivity contribution is 1.16. The van der Waals surface area contributed by atoms with Crippen molar-refractivity contribution in [2.75, 3.05) is 0 Å². The number of rotatable bonds is 7. The molecule has 0 fully saturated rings. The van der Waals surface area contributed by atoms with Crippen LogP contribution in [0, 0.1) is 22.7 Å². The molecule has 0 spiro atoms. The SMILES string of the molecule is N#Cc1ccc(-c2ccc(C#N)cc2-n2c3ccc(-c4ccccc4)cc3c3ccc(-c4ccccc4)cc32)c(-n2c3ccc(-c4ccccc4)cc3c3ccc(-c4ccccc4)cc32)c1. The third kappa shape index (κ3) is 6.45. The number of fused-ring (bicyclic) bond motifs is 6. The van der Waals surface area contributed by atoms with Gasteiger partial charge in [-0.25, -0.2) is 0 Å². The summed E-state index contributed by atoms with van der Waals surface area (Å²) in [6, 6.07) is 85.7. The quantitative estimate of drug-likeness (QED) is 0.161. The Morgan fingerprint density at radius 1 is 0.258 bits per heavy atom. The average molecular weight is 839 g/mol. The minimum Gasteiger partial charge on any atom is -0.309 e. The molecule has 12 rings (SSSR count). The van der Waals surface area contributed by atoms with E-state index in [1.807, 2.05) is 48.5 Å². The summed E-state index contributed by atoms with van der Waals surface area (Å²) in [6.45, 7) is 0. The molecule has 2 aromatic heterocycles. The molecular weight excluding hydrogens is 801 g/mol. The highest BCUT2D eigenvalue weighted by molar-refractivity contribution is 6.14. The molecule has 10 aromatic carbocycles. The van der Waals surface area contributed by atoms with Gasteiger partial charge in [0.2, 0.25) is 0 Å². The average Bonchev–Trinajstić information content (AvgIpc) is 3.90. The number of nitriles is 2. The second kappa shape index (κ2) is 15.8. The van der Waals surface area contributed by atoms with Gasteiger partial charge in [0.25, 0.3) is 0 Å². The monoisotopic (exact) mass is 838 g/mol. The molecule has 0 N–H and O–H groups in total. The van der Waals surface area contributed by atoms with Gasteiger partial charge in [-0.3, -0.25) is 0 Å². The maximum Gasteiger partial charge on any atom is 0.0992 e. The van der Waals surface area contributed by atoms with E-state index < -0.39 is 0 Å². The lowest BCUT2D eigenvalue weighted by atomic mass is 9.97. The summed E-state index contributed by atoms with van der Waals surface area (Å²) in [7, 11) is 0. The highest BCUT2D eigenvalue weighted by atomic mass is 15.0. The van der Waals surface area contributed by atoms with E-state index in [0.717, 1.165) is 111 Å². The Labute approximate surface area is 382 Å². The van der Waals surface area contributed by atoms with Gasteiger partial charge in [0.1, 0.15) is 0 Å². The molecule has 0 amide bonds. The number of nitrogens with zero attached hydrogens (tertiary/aromatic N) is 4. The van der Waals surface area contributed by atoms with Gasteiger partial charge >= 0.3 is 0 Å². The zero-order valence-electron chi connectivity index (χ0n) is 35.7. The second-order valence-corrected chi connectivity index (χ2v) is 16.8. The van der Waals surface area contributed by atoms with Gasteiger partial charge in [-0.15, -0.1) is 0 Å². The molecule has 0 radical (unpaired) electrons. The van der Waals surface area contributed by atoms with Gasteiger partial charge in [-0.05, 0) is 105 Å². The fraction of sp³-hybridized carbons (Fsp3) is 0. The molecule has 4 heteroatoms. The van der Waals surface area contributed by atoms with Crippen LogP contribution in [0.2, 0.25) is 0 Å². The standard InChI is InChI=1S/C62H38N4/c63-39-41-21-27-51(59(33-41)65-57-31-25-47(43-13-5-1-6-14-43)35-55(57)53-29-23-49(37-61(53)65)45-17-9-3-10-18-45)52-28-22-42(40-64)34-60(52)66-58-32-26-48(44-15-7-2-8-16-44)36-56(58)54-30-24-50(38-62(54)66)46-19-11-4-12-20-46/h1-38H. The van der Waals surface area contributed by atoms with E-state index in [9.17, 15) is 10.5 Å². The Balaban J connectivity index is 1.16. The first-order valence-corrected chi connectivity index (χ1v) is 22.1. The van der Waals surface area contributed by atoms with Crippen molar-refractivity contribution in [2.45, 2.75) is 0 Å². The highest BCUT2D eigenvalue weighted by Gasteiger charge is 2.23. The predicted octanol–water partition coefficient (Wildman–Crippen LogP) is 16.0. The van der Waals surface area contributed by atoms with E-state index in [1.165, 1.54) is 0 Å². The maximum atomic E-state index is 10.5. The van der Waals surface area contributed by atoms with E-state index in [4.69, 9.17) is 0 Å². The minimum absolute atomic E-state index is 0.553. The van der Waals surface area contributed by atoms with Crippen LogP contribution in [0.4, 0.5) is 0 Å². The van der Waals surface area contributed by atoms with Crippen LogP contribution in [0.3, 0.4) is 0 Å². The highest BCUT2D eigenvalue weighted by Crippen LogP contribution is 2.44. The summed E-state index contributed by atoms with van der Waals surface area (Å²) >= 11 is 0. The van der Waals surface area contributed by atoms with Gasteiger partial charge in [0.15, 0.2) is 0 Å². The van der Waals surface area contributed by atoms with Gasteiger partial charge in [0.05, 0.1) is 56.7 Å². The Hall–Kier alpha value is -9.22. The first kappa shape index (κ1) is 38.5. The molecule has 2 heterocycles. The fourth-order valence-electron chi connectivity index (χ4n) is 9.83. The van der Waals surface area contributed by atoms with E-state index in [2.05, 4.69) is 203 Å². The molecule has 0 atom stereocenters. The van der Waals surface area contributed by atoms with Gasteiger partial charge in [-0.2, -0.15) is 10.5 Å². The van der Waals surface area contributed by atoms with Crippen molar-refractivity contribution in [3.8, 4) is 79.1 Å². The normalized spacial score (nSPS) is 11.3. The molecule has 0 unspecified atom stereocenters. The summed E-state index contributed by atoms with van der Waals surface area (Å²) in [5.74, 6) is 0. The van der Waals surface area contributed by atoms with Gasteiger partial charge in [0, 0.05) is 32.7 Å². The summed E-state index contributed by atoms with van der Waals surface area (Å²) < 4.78 is 4.66. The van der Waals surface area contributed by atoms with Crippen molar-refractivity contribution in [1.29, 1.82) is 10.5 Å². The molecule has 0 aliphatic carbocycles. The van der Waals surface area contributed by atoms with Crippen LogP contribution in [0.25, 0.3) is 111 Å². The number of hydrogen-bond donors (Lipinski definition) is 0. The lowest BCUT2D eigenvalue weighted by Gasteiger charge is -2.19.